The van der Waals surface area contributed by atoms with Crippen molar-refractivity contribution >= 4 is 21.6 Å². The first-order chi connectivity index (χ1) is 7.72. The zero-order valence-corrected chi connectivity index (χ0v) is 9.98. The maximum atomic E-state index is 8.56. The molecule has 4 nitrogen and oxygen atoms in total. The van der Waals surface area contributed by atoms with Crippen LogP contribution in [0.3, 0.4) is 0 Å². The lowest BCUT2D eigenvalue weighted by Gasteiger charge is -2.10. The fraction of sp³-hybridized carbons (Fsp3) is 0.364. The predicted molar refractivity (Wildman–Crippen MR) is 66.3 cm³/mol. The zero-order valence-electron chi connectivity index (χ0n) is 9.16. The summed E-state index contributed by atoms with van der Waals surface area (Å²) in [5.74, 6) is 0.261. The summed E-state index contributed by atoms with van der Waals surface area (Å²) in [6, 6.07) is 7.79. The molecule has 0 spiro atoms. The number of para-hydroxylation sites is 1. The quantitative estimate of drug-likeness (QED) is 0.442. The maximum Gasteiger partial charge on any atom is 0.103 e. The monoisotopic (exact) mass is 232 g/mol. The van der Waals surface area contributed by atoms with E-state index >= 15 is 0 Å². The molecule has 0 aliphatic heterocycles. The molecule has 16 heavy (non-hydrogen) atoms. The van der Waals surface area contributed by atoms with Gasteiger partial charge in [-0.05, 0) is 23.6 Å². The topological polar surface area (TPSA) is 61.7 Å². The molecule has 1 aromatic carbocycles. The minimum atomic E-state index is -0.164. The SMILES string of the molecule is CC(C)C(N=[N+]=[N-])c1nc2ccccc2s1. The van der Waals surface area contributed by atoms with E-state index in [0.29, 0.717) is 0 Å². The van der Waals surface area contributed by atoms with Crippen LogP contribution in [0.5, 0.6) is 0 Å². The number of nitrogens with zero attached hydrogens (tertiary/aromatic N) is 4. The van der Waals surface area contributed by atoms with Crippen molar-refractivity contribution in [3.63, 3.8) is 0 Å². The van der Waals surface area contributed by atoms with Gasteiger partial charge in [-0.25, -0.2) is 4.98 Å². The highest BCUT2D eigenvalue weighted by molar-refractivity contribution is 7.18. The maximum absolute atomic E-state index is 8.56. The third kappa shape index (κ3) is 2.01. The minimum Gasteiger partial charge on any atom is -0.241 e. The Balaban J connectivity index is 2.48. The first kappa shape index (κ1) is 10.9. The van der Waals surface area contributed by atoms with Crippen molar-refractivity contribution in [1.82, 2.24) is 4.98 Å². The van der Waals surface area contributed by atoms with E-state index < -0.39 is 0 Å². The molecule has 0 amide bonds. The van der Waals surface area contributed by atoms with Crippen LogP contribution in [0.25, 0.3) is 20.7 Å². The summed E-state index contributed by atoms with van der Waals surface area (Å²) >= 11 is 1.60. The van der Waals surface area contributed by atoms with Crippen molar-refractivity contribution in [1.29, 1.82) is 0 Å². The van der Waals surface area contributed by atoms with Crippen LogP contribution in [0.15, 0.2) is 29.4 Å². The van der Waals surface area contributed by atoms with E-state index in [1.54, 1.807) is 11.3 Å². The van der Waals surface area contributed by atoms with Crippen LogP contribution < -0.4 is 0 Å². The number of azide groups is 1. The Bertz CT molecular complexity index is 507. The molecule has 0 N–H and O–H groups in total. The van der Waals surface area contributed by atoms with Crippen LogP contribution >= 0.6 is 11.3 Å². The van der Waals surface area contributed by atoms with Gasteiger partial charge in [-0.2, -0.15) is 0 Å². The molecule has 82 valence electrons. The van der Waals surface area contributed by atoms with Gasteiger partial charge in [0.2, 0.25) is 0 Å². The Kier molecular flexibility index (Phi) is 3.08. The largest absolute Gasteiger partial charge is 0.241 e. The molecule has 0 aliphatic carbocycles. The van der Waals surface area contributed by atoms with E-state index in [9.17, 15) is 0 Å². The van der Waals surface area contributed by atoms with Crippen molar-refractivity contribution in [2.45, 2.75) is 19.9 Å². The first-order valence-corrected chi connectivity index (χ1v) is 5.93. The third-order valence-corrected chi connectivity index (χ3v) is 3.48. The highest BCUT2D eigenvalue weighted by atomic mass is 32.1. The third-order valence-electron chi connectivity index (χ3n) is 2.37. The summed E-state index contributed by atoms with van der Waals surface area (Å²) < 4.78 is 1.14. The van der Waals surface area contributed by atoms with Gasteiger partial charge in [0, 0.05) is 4.91 Å². The van der Waals surface area contributed by atoms with Gasteiger partial charge in [0.15, 0.2) is 0 Å². The molecule has 1 atom stereocenters. The molecule has 1 heterocycles. The highest BCUT2D eigenvalue weighted by Crippen LogP contribution is 2.32. The summed E-state index contributed by atoms with van der Waals surface area (Å²) in [5.41, 5.74) is 9.53. The number of hydrogen-bond donors (Lipinski definition) is 0. The lowest BCUT2D eigenvalue weighted by atomic mass is 10.1. The van der Waals surface area contributed by atoms with Crippen LogP contribution in [-0.4, -0.2) is 4.98 Å². The average molecular weight is 232 g/mol. The Morgan fingerprint density at radius 3 is 2.75 bits per heavy atom. The number of benzene rings is 1. The molecule has 0 radical (unpaired) electrons. The lowest BCUT2D eigenvalue weighted by Crippen LogP contribution is -2.02. The van der Waals surface area contributed by atoms with Crippen LogP contribution in [0.2, 0.25) is 0 Å². The van der Waals surface area contributed by atoms with E-state index in [4.69, 9.17) is 5.53 Å². The second-order valence-corrected chi connectivity index (χ2v) is 4.98. The minimum absolute atomic E-state index is 0.164. The lowest BCUT2D eigenvalue weighted by molar-refractivity contribution is 0.511. The molecule has 0 bridgehead atoms. The van der Waals surface area contributed by atoms with Crippen molar-refractivity contribution in [2.75, 3.05) is 0 Å². The standard InChI is InChI=1S/C11H12N4S/c1-7(2)10(14-15-12)11-13-8-5-3-4-6-9(8)16-11/h3-7,10H,1-2H3. The van der Waals surface area contributed by atoms with E-state index in [1.165, 1.54) is 0 Å². The van der Waals surface area contributed by atoms with Gasteiger partial charge in [0.25, 0.3) is 0 Å². The van der Waals surface area contributed by atoms with Gasteiger partial charge in [0.05, 0.1) is 16.3 Å². The summed E-state index contributed by atoms with van der Waals surface area (Å²) in [7, 11) is 0. The molecular weight excluding hydrogens is 220 g/mol. The van der Waals surface area contributed by atoms with E-state index in [0.717, 1.165) is 15.2 Å². The summed E-state index contributed by atoms with van der Waals surface area (Å²) in [6.45, 7) is 4.07. The molecular formula is C11H12N4S. The van der Waals surface area contributed by atoms with Crippen LogP contribution in [0.4, 0.5) is 0 Å². The number of hydrogen-bond acceptors (Lipinski definition) is 3. The Morgan fingerprint density at radius 2 is 2.12 bits per heavy atom. The Hall–Kier alpha value is -1.58. The molecule has 0 aliphatic rings. The van der Waals surface area contributed by atoms with E-state index in [1.807, 2.05) is 38.1 Å². The zero-order chi connectivity index (χ0) is 11.5. The average Bonchev–Trinajstić information content (AvgIpc) is 2.68. The molecule has 2 rings (SSSR count). The van der Waals surface area contributed by atoms with Gasteiger partial charge in [-0.3, -0.25) is 0 Å². The van der Waals surface area contributed by atoms with Crippen LogP contribution in [-0.2, 0) is 0 Å². The smallest absolute Gasteiger partial charge is 0.103 e. The fourth-order valence-electron chi connectivity index (χ4n) is 1.54. The fourth-order valence-corrected chi connectivity index (χ4v) is 2.71. The predicted octanol–water partition coefficient (Wildman–Crippen LogP) is 4.30. The van der Waals surface area contributed by atoms with Crippen LogP contribution in [0.1, 0.15) is 24.9 Å². The Labute approximate surface area is 97.6 Å². The molecule has 2 aromatic rings. The van der Waals surface area contributed by atoms with E-state index in [-0.39, 0.29) is 12.0 Å². The molecule has 1 aromatic heterocycles. The molecule has 0 saturated heterocycles. The number of aromatic nitrogens is 1. The summed E-state index contributed by atoms with van der Waals surface area (Å²) in [4.78, 5) is 7.40. The summed E-state index contributed by atoms with van der Waals surface area (Å²) in [6.07, 6.45) is 0. The van der Waals surface area contributed by atoms with Gasteiger partial charge in [-0.15, -0.1) is 11.3 Å². The number of thiazole rings is 1. The first-order valence-electron chi connectivity index (χ1n) is 5.12. The van der Waals surface area contributed by atoms with Gasteiger partial charge < -0.3 is 0 Å². The number of rotatable bonds is 3. The van der Waals surface area contributed by atoms with Crippen molar-refractivity contribution in [3.8, 4) is 0 Å². The molecule has 1 unspecified atom stereocenters. The van der Waals surface area contributed by atoms with E-state index in [2.05, 4.69) is 15.0 Å². The Morgan fingerprint density at radius 1 is 1.38 bits per heavy atom. The molecule has 5 heteroatoms. The number of fused-ring (bicyclic) bond motifs is 1. The normalized spacial score (nSPS) is 12.7. The second-order valence-electron chi connectivity index (χ2n) is 3.91. The molecule has 0 fully saturated rings. The molecule has 0 saturated carbocycles. The highest BCUT2D eigenvalue weighted by Gasteiger charge is 2.18. The van der Waals surface area contributed by atoms with Gasteiger partial charge >= 0.3 is 0 Å². The summed E-state index contributed by atoms with van der Waals surface area (Å²) in [5, 5.41) is 4.71. The van der Waals surface area contributed by atoms with Crippen molar-refractivity contribution in [2.24, 2.45) is 11.0 Å². The van der Waals surface area contributed by atoms with Crippen LogP contribution in [0, 0.1) is 5.92 Å². The van der Waals surface area contributed by atoms with Gasteiger partial charge in [0.1, 0.15) is 5.01 Å². The van der Waals surface area contributed by atoms with Gasteiger partial charge in [-0.1, -0.05) is 31.1 Å². The second kappa shape index (κ2) is 4.51. The van der Waals surface area contributed by atoms with Crippen molar-refractivity contribution < 1.29 is 0 Å². The van der Waals surface area contributed by atoms with Crippen molar-refractivity contribution in [3.05, 3.63) is 39.7 Å².